The molecule has 0 bridgehead atoms. The number of nitrogens with two attached hydrogens (primary N) is 2. The van der Waals surface area contributed by atoms with E-state index in [4.69, 9.17) is 21.7 Å². The van der Waals surface area contributed by atoms with Gasteiger partial charge in [0.05, 0.1) is 19.0 Å². The summed E-state index contributed by atoms with van der Waals surface area (Å²) in [5.74, 6) is -3.76. The number of carboxylic acid groups (broad SMARTS) is 1. The lowest BCUT2D eigenvalue weighted by Crippen LogP contribution is -2.58. The van der Waals surface area contributed by atoms with Crippen LogP contribution in [0.25, 0.3) is 0 Å². The smallest absolute Gasteiger partial charge is 0.328 e. The van der Waals surface area contributed by atoms with E-state index in [1.54, 1.807) is 0 Å². The number of aliphatic hydroxyl groups is 2. The molecule has 0 spiro atoms. The average Bonchev–Trinajstić information content (AvgIpc) is 3.28. The molecule has 0 saturated heterocycles. The molecule has 11 N–H and O–H groups in total. The Kier molecular flexibility index (Phi) is 12.0. The predicted octanol–water partition coefficient (Wildman–Crippen LogP) is -3.68. The summed E-state index contributed by atoms with van der Waals surface area (Å²) in [5.41, 5.74) is 11.6. The number of imidazole rings is 1. The van der Waals surface area contributed by atoms with Gasteiger partial charge in [-0.25, -0.2) is 9.78 Å². The minimum Gasteiger partial charge on any atom is -0.480 e. The molecule has 0 aliphatic heterocycles. The first-order valence-corrected chi connectivity index (χ1v) is 10.5. The molecule has 14 nitrogen and oxygen atoms in total. The Hall–Kier alpha value is -3.07. The van der Waals surface area contributed by atoms with Gasteiger partial charge in [-0.3, -0.25) is 14.4 Å². The minimum atomic E-state index is -1.55. The zero-order chi connectivity index (χ0) is 25.0. The fraction of sp³-hybridized carbons (Fsp3) is 0.632. The molecule has 0 radical (unpaired) electrons. The Bertz CT molecular complexity index is 773. The molecular weight excluding hydrogens is 438 g/mol. The minimum absolute atomic E-state index is 0.0182. The number of aromatic amines is 1. The van der Waals surface area contributed by atoms with Crippen LogP contribution in [0.5, 0.6) is 0 Å². The van der Waals surface area contributed by atoms with Gasteiger partial charge < -0.3 is 47.7 Å². The Balaban J connectivity index is 3.01. The number of aliphatic carboxylic acids is 1. The van der Waals surface area contributed by atoms with Gasteiger partial charge >= 0.3 is 5.97 Å². The van der Waals surface area contributed by atoms with Crippen LogP contribution in [0, 0.1) is 0 Å². The first-order valence-electron chi connectivity index (χ1n) is 10.5. The summed E-state index contributed by atoms with van der Waals surface area (Å²) in [6.45, 7) is 0.846. The fourth-order valence-electron chi connectivity index (χ4n) is 2.80. The number of nitrogens with zero attached hydrogens (tertiary/aromatic N) is 1. The molecule has 5 atom stereocenters. The molecule has 1 aromatic rings. The SMILES string of the molecule is CC(O)C(N)C(=O)NC(Cc1cnc[nH]1)C(=O)NC(CCCCN)C(=O)NC(CO)C(=O)O. The Labute approximate surface area is 190 Å². The third-order valence-electron chi connectivity index (χ3n) is 4.81. The van der Waals surface area contributed by atoms with Gasteiger partial charge in [-0.2, -0.15) is 0 Å². The van der Waals surface area contributed by atoms with Crippen molar-refractivity contribution in [2.24, 2.45) is 11.5 Å². The van der Waals surface area contributed by atoms with Gasteiger partial charge in [0.15, 0.2) is 0 Å². The molecule has 1 aromatic heterocycles. The zero-order valence-corrected chi connectivity index (χ0v) is 18.4. The first kappa shape index (κ1) is 28.0. The molecule has 5 unspecified atom stereocenters. The summed E-state index contributed by atoms with van der Waals surface area (Å²) >= 11 is 0. The summed E-state index contributed by atoms with van der Waals surface area (Å²) in [4.78, 5) is 55.7. The van der Waals surface area contributed by atoms with Crippen molar-refractivity contribution in [2.75, 3.05) is 13.2 Å². The largest absolute Gasteiger partial charge is 0.480 e. The zero-order valence-electron chi connectivity index (χ0n) is 18.4. The third-order valence-corrected chi connectivity index (χ3v) is 4.81. The van der Waals surface area contributed by atoms with Gasteiger partial charge in [0.1, 0.15) is 24.2 Å². The summed E-state index contributed by atoms with van der Waals surface area (Å²) < 4.78 is 0. The van der Waals surface area contributed by atoms with E-state index in [9.17, 15) is 24.3 Å². The molecule has 33 heavy (non-hydrogen) atoms. The van der Waals surface area contributed by atoms with Crippen LogP contribution in [0.3, 0.4) is 0 Å². The lowest BCUT2D eigenvalue weighted by atomic mass is 10.1. The van der Waals surface area contributed by atoms with E-state index < -0.39 is 60.6 Å². The van der Waals surface area contributed by atoms with Crippen LogP contribution >= 0.6 is 0 Å². The Morgan fingerprint density at radius 3 is 2.18 bits per heavy atom. The molecule has 1 heterocycles. The molecule has 0 fully saturated rings. The monoisotopic (exact) mass is 471 g/mol. The van der Waals surface area contributed by atoms with Crippen molar-refractivity contribution in [3.05, 3.63) is 18.2 Å². The average molecular weight is 472 g/mol. The van der Waals surface area contributed by atoms with E-state index in [0.29, 0.717) is 25.1 Å². The predicted molar refractivity (Wildman–Crippen MR) is 115 cm³/mol. The first-order chi connectivity index (χ1) is 15.6. The van der Waals surface area contributed by atoms with Crippen LogP contribution in [0.2, 0.25) is 0 Å². The number of carbonyl (C=O) groups excluding carboxylic acids is 3. The number of rotatable bonds is 15. The number of aliphatic hydroxyl groups excluding tert-OH is 2. The van der Waals surface area contributed by atoms with Crippen LogP contribution in [0.1, 0.15) is 31.9 Å². The highest BCUT2D eigenvalue weighted by atomic mass is 16.4. The highest BCUT2D eigenvalue weighted by molar-refractivity contribution is 5.94. The highest BCUT2D eigenvalue weighted by Crippen LogP contribution is 2.05. The molecule has 14 heteroatoms. The maximum Gasteiger partial charge on any atom is 0.328 e. The lowest BCUT2D eigenvalue weighted by molar-refractivity contribution is -0.143. The Morgan fingerprint density at radius 2 is 1.67 bits per heavy atom. The van der Waals surface area contributed by atoms with Crippen molar-refractivity contribution in [1.29, 1.82) is 0 Å². The van der Waals surface area contributed by atoms with Crippen LogP contribution in [0.4, 0.5) is 0 Å². The fourth-order valence-corrected chi connectivity index (χ4v) is 2.80. The number of nitrogens with one attached hydrogen (secondary N) is 4. The topological polar surface area (TPSA) is 246 Å². The Morgan fingerprint density at radius 1 is 1.06 bits per heavy atom. The number of unbranched alkanes of at least 4 members (excludes halogenated alkanes) is 1. The molecular formula is C19H33N7O7. The molecule has 3 amide bonds. The molecule has 186 valence electrons. The number of amides is 3. The second-order valence-electron chi connectivity index (χ2n) is 7.54. The van der Waals surface area contributed by atoms with E-state index >= 15 is 0 Å². The van der Waals surface area contributed by atoms with Crippen molar-refractivity contribution in [3.8, 4) is 0 Å². The molecule has 0 aliphatic carbocycles. The van der Waals surface area contributed by atoms with Crippen molar-refractivity contribution in [2.45, 2.75) is 62.9 Å². The maximum atomic E-state index is 13.0. The molecule has 0 aliphatic rings. The number of aromatic nitrogens is 2. The summed E-state index contributed by atoms with van der Waals surface area (Å²) in [7, 11) is 0. The third kappa shape index (κ3) is 9.53. The number of hydrogen-bond donors (Lipinski definition) is 9. The van der Waals surface area contributed by atoms with Crippen LogP contribution < -0.4 is 27.4 Å². The van der Waals surface area contributed by atoms with Crippen molar-refractivity contribution in [1.82, 2.24) is 25.9 Å². The van der Waals surface area contributed by atoms with Gasteiger partial charge in [-0.1, -0.05) is 0 Å². The van der Waals surface area contributed by atoms with Gasteiger partial charge in [0.2, 0.25) is 17.7 Å². The normalized spacial score (nSPS) is 15.5. The van der Waals surface area contributed by atoms with Crippen molar-refractivity contribution < 1.29 is 34.5 Å². The van der Waals surface area contributed by atoms with Crippen molar-refractivity contribution in [3.63, 3.8) is 0 Å². The highest BCUT2D eigenvalue weighted by Gasteiger charge is 2.31. The lowest BCUT2D eigenvalue weighted by Gasteiger charge is -2.25. The van der Waals surface area contributed by atoms with E-state index in [1.807, 2.05) is 0 Å². The van der Waals surface area contributed by atoms with Crippen LogP contribution in [0.15, 0.2) is 12.5 Å². The summed E-state index contributed by atoms with van der Waals surface area (Å²) in [6, 6.07) is -5.16. The van der Waals surface area contributed by atoms with Crippen LogP contribution in [-0.2, 0) is 25.6 Å². The van der Waals surface area contributed by atoms with E-state index in [2.05, 4.69) is 25.9 Å². The molecule has 0 aromatic carbocycles. The number of carboxylic acids is 1. The quantitative estimate of drug-likeness (QED) is 0.113. The number of H-pyrrole nitrogens is 1. The standard InChI is InChI=1S/C19H33N7O7/c1-10(28)15(21)18(31)25-13(6-11-7-22-9-23-11)17(30)24-12(4-2-3-5-20)16(29)26-14(8-27)19(32)33/h7,9-10,12-15,27-28H,2-6,8,20-21H2,1H3,(H,22,23)(H,24,30)(H,25,31)(H,26,29)(H,32,33). The van der Waals surface area contributed by atoms with Gasteiger partial charge in [0.25, 0.3) is 0 Å². The van der Waals surface area contributed by atoms with Crippen LogP contribution in [-0.4, -0.2) is 92.4 Å². The van der Waals surface area contributed by atoms with Gasteiger partial charge in [-0.15, -0.1) is 0 Å². The molecule has 0 saturated carbocycles. The van der Waals surface area contributed by atoms with Gasteiger partial charge in [-0.05, 0) is 32.7 Å². The molecule has 1 rings (SSSR count). The van der Waals surface area contributed by atoms with E-state index in [1.165, 1.54) is 19.4 Å². The number of hydrogen-bond acceptors (Lipinski definition) is 9. The second kappa shape index (κ2) is 14.2. The maximum absolute atomic E-state index is 13.0. The van der Waals surface area contributed by atoms with Crippen molar-refractivity contribution >= 4 is 23.7 Å². The number of carbonyl (C=O) groups is 4. The van der Waals surface area contributed by atoms with E-state index in [-0.39, 0.29) is 12.8 Å². The van der Waals surface area contributed by atoms with E-state index in [0.717, 1.165) is 0 Å². The summed E-state index contributed by atoms with van der Waals surface area (Å²) in [6.07, 6.45) is 2.81. The summed E-state index contributed by atoms with van der Waals surface area (Å²) in [5, 5.41) is 34.9. The van der Waals surface area contributed by atoms with Gasteiger partial charge in [0, 0.05) is 18.3 Å². The second-order valence-corrected chi connectivity index (χ2v) is 7.54.